The fourth-order valence-corrected chi connectivity index (χ4v) is 2.45. The van der Waals surface area contributed by atoms with Crippen LogP contribution in [0.3, 0.4) is 0 Å². The maximum atomic E-state index is 13.5. The second kappa shape index (κ2) is 5.33. The van der Waals surface area contributed by atoms with E-state index < -0.39 is 0 Å². The molecule has 0 radical (unpaired) electrons. The lowest BCUT2D eigenvalue weighted by atomic mass is 10.2. The Bertz CT molecular complexity index is 618. The van der Waals surface area contributed by atoms with E-state index in [2.05, 4.69) is 25.6 Å². The molecule has 0 bridgehead atoms. The van der Waals surface area contributed by atoms with Crippen LogP contribution in [-0.2, 0) is 6.54 Å². The molecule has 4 nitrogen and oxygen atoms in total. The Balaban J connectivity index is 2.17. The van der Waals surface area contributed by atoms with Crippen molar-refractivity contribution in [3.63, 3.8) is 0 Å². The SMILES string of the molecule is N#Cc1c(N)nsc1NCc1cc(Br)ccc1F. The van der Waals surface area contributed by atoms with Gasteiger partial charge < -0.3 is 11.1 Å². The summed E-state index contributed by atoms with van der Waals surface area (Å²) in [5, 5.41) is 12.4. The number of anilines is 2. The summed E-state index contributed by atoms with van der Waals surface area (Å²) < 4.78 is 18.2. The molecule has 0 aliphatic rings. The Labute approximate surface area is 116 Å². The summed E-state index contributed by atoms with van der Waals surface area (Å²) in [7, 11) is 0. The number of benzene rings is 1. The molecule has 7 heteroatoms. The van der Waals surface area contributed by atoms with Gasteiger partial charge >= 0.3 is 0 Å². The number of aromatic nitrogens is 1. The number of hydrogen-bond donors (Lipinski definition) is 2. The summed E-state index contributed by atoms with van der Waals surface area (Å²) in [6, 6.07) is 6.65. The van der Waals surface area contributed by atoms with E-state index in [1.54, 1.807) is 12.1 Å². The highest BCUT2D eigenvalue weighted by Gasteiger charge is 2.11. The molecule has 0 fully saturated rings. The molecule has 2 aromatic rings. The third-order valence-corrected chi connectivity index (χ3v) is 3.59. The van der Waals surface area contributed by atoms with E-state index in [0.29, 0.717) is 16.1 Å². The van der Waals surface area contributed by atoms with E-state index in [9.17, 15) is 4.39 Å². The van der Waals surface area contributed by atoms with Gasteiger partial charge in [0, 0.05) is 16.6 Å². The zero-order valence-electron chi connectivity index (χ0n) is 9.08. The van der Waals surface area contributed by atoms with Crippen molar-refractivity contribution < 1.29 is 4.39 Å². The van der Waals surface area contributed by atoms with Crippen LogP contribution in [0.4, 0.5) is 15.2 Å². The molecular formula is C11H8BrFN4S. The Morgan fingerprint density at radius 3 is 3.06 bits per heavy atom. The van der Waals surface area contributed by atoms with E-state index in [1.165, 1.54) is 6.07 Å². The molecule has 92 valence electrons. The Kier molecular flexibility index (Phi) is 3.79. The molecule has 18 heavy (non-hydrogen) atoms. The fourth-order valence-electron chi connectivity index (χ4n) is 1.39. The van der Waals surface area contributed by atoms with E-state index in [4.69, 9.17) is 11.0 Å². The minimum absolute atomic E-state index is 0.194. The number of rotatable bonds is 3. The highest BCUT2D eigenvalue weighted by atomic mass is 79.9. The van der Waals surface area contributed by atoms with Crippen molar-refractivity contribution >= 4 is 38.3 Å². The average Bonchev–Trinajstić information content (AvgIpc) is 2.71. The maximum Gasteiger partial charge on any atom is 0.157 e. The number of hydrogen-bond acceptors (Lipinski definition) is 5. The topological polar surface area (TPSA) is 74.7 Å². The summed E-state index contributed by atoms with van der Waals surface area (Å²) in [6.07, 6.45) is 0. The maximum absolute atomic E-state index is 13.5. The Morgan fingerprint density at radius 1 is 1.56 bits per heavy atom. The minimum atomic E-state index is -0.304. The molecule has 0 aliphatic heterocycles. The molecule has 1 aromatic heterocycles. The lowest BCUT2D eigenvalue weighted by molar-refractivity contribution is 0.612. The van der Waals surface area contributed by atoms with Crippen molar-refractivity contribution in [2.75, 3.05) is 11.1 Å². The molecule has 0 unspecified atom stereocenters. The largest absolute Gasteiger partial charge is 0.382 e. The first kappa shape index (κ1) is 12.8. The van der Waals surface area contributed by atoms with Gasteiger partial charge in [0.1, 0.15) is 22.5 Å². The number of nitrogens with one attached hydrogen (secondary N) is 1. The number of halogens is 2. The van der Waals surface area contributed by atoms with Gasteiger partial charge in [0.15, 0.2) is 5.82 Å². The van der Waals surface area contributed by atoms with Gasteiger partial charge in [-0.25, -0.2) is 4.39 Å². The average molecular weight is 327 g/mol. The first-order valence-electron chi connectivity index (χ1n) is 4.95. The van der Waals surface area contributed by atoms with Crippen LogP contribution in [0.2, 0.25) is 0 Å². The van der Waals surface area contributed by atoms with Crippen LogP contribution in [0, 0.1) is 17.1 Å². The van der Waals surface area contributed by atoms with Crippen LogP contribution in [-0.4, -0.2) is 4.37 Å². The van der Waals surface area contributed by atoms with Gasteiger partial charge in [-0.15, -0.1) is 0 Å². The van der Waals surface area contributed by atoms with Crippen LogP contribution in [0.5, 0.6) is 0 Å². The van der Waals surface area contributed by atoms with Gasteiger partial charge in [0.25, 0.3) is 0 Å². The number of nitrogen functional groups attached to an aromatic ring is 1. The van der Waals surface area contributed by atoms with Gasteiger partial charge in [0.2, 0.25) is 0 Å². The van der Waals surface area contributed by atoms with E-state index in [0.717, 1.165) is 16.0 Å². The van der Waals surface area contributed by atoms with Crippen molar-refractivity contribution in [3.05, 3.63) is 39.6 Å². The Hall–Kier alpha value is -1.65. The highest BCUT2D eigenvalue weighted by Crippen LogP contribution is 2.26. The molecule has 2 rings (SSSR count). The molecular weight excluding hydrogens is 319 g/mol. The van der Waals surface area contributed by atoms with E-state index in [-0.39, 0.29) is 18.2 Å². The Morgan fingerprint density at radius 2 is 2.33 bits per heavy atom. The molecule has 1 aromatic carbocycles. The predicted molar refractivity (Wildman–Crippen MR) is 72.7 cm³/mol. The van der Waals surface area contributed by atoms with Crippen molar-refractivity contribution in [2.24, 2.45) is 0 Å². The van der Waals surface area contributed by atoms with Crippen LogP contribution in [0.1, 0.15) is 11.1 Å². The summed E-state index contributed by atoms with van der Waals surface area (Å²) in [5.41, 5.74) is 6.33. The quantitative estimate of drug-likeness (QED) is 0.908. The van der Waals surface area contributed by atoms with Crippen LogP contribution < -0.4 is 11.1 Å². The monoisotopic (exact) mass is 326 g/mol. The second-order valence-corrected chi connectivity index (χ2v) is 5.16. The summed E-state index contributed by atoms with van der Waals surface area (Å²) >= 11 is 4.37. The number of nitrogens with two attached hydrogens (primary N) is 1. The smallest absolute Gasteiger partial charge is 0.157 e. The number of nitrogens with zero attached hydrogens (tertiary/aromatic N) is 2. The normalized spacial score (nSPS) is 10.1. The molecule has 0 saturated carbocycles. The van der Waals surface area contributed by atoms with Crippen LogP contribution in [0.25, 0.3) is 0 Å². The van der Waals surface area contributed by atoms with Gasteiger partial charge in [0.05, 0.1) is 0 Å². The summed E-state index contributed by atoms with van der Waals surface area (Å²) in [6.45, 7) is 0.265. The van der Waals surface area contributed by atoms with Gasteiger partial charge in [-0.1, -0.05) is 15.9 Å². The van der Waals surface area contributed by atoms with Crippen molar-refractivity contribution in [2.45, 2.75) is 6.54 Å². The molecule has 3 N–H and O–H groups in total. The first-order chi connectivity index (χ1) is 8.61. The van der Waals surface area contributed by atoms with Crippen LogP contribution in [0.15, 0.2) is 22.7 Å². The molecule has 0 spiro atoms. The van der Waals surface area contributed by atoms with Gasteiger partial charge in [-0.05, 0) is 29.7 Å². The van der Waals surface area contributed by atoms with Gasteiger partial charge in [-0.2, -0.15) is 9.64 Å². The number of nitriles is 1. The first-order valence-corrected chi connectivity index (χ1v) is 6.51. The summed E-state index contributed by atoms with van der Waals surface area (Å²) in [4.78, 5) is 0. The third kappa shape index (κ3) is 2.60. The van der Waals surface area contributed by atoms with Crippen molar-refractivity contribution in [3.8, 4) is 6.07 Å². The van der Waals surface area contributed by atoms with E-state index >= 15 is 0 Å². The standard InChI is InChI=1S/C11H8BrFN4S/c12-7-1-2-9(13)6(3-7)5-16-11-8(4-14)10(15)17-18-11/h1-3,16H,5H2,(H2,15,17). The zero-order chi connectivity index (χ0) is 13.1. The van der Waals surface area contributed by atoms with E-state index in [1.807, 2.05) is 6.07 Å². The lowest BCUT2D eigenvalue weighted by Gasteiger charge is -2.05. The zero-order valence-corrected chi connectivity index (χ0v) is 11.5. The molecule has 0 saturated heterocycles. The predicted octanol–water partition coefficient (Wildman–Crippen LogP) is 3.11. The van der Waals surface area contributed by atoms with Crippen molar-refractivity contribution in [1.29, 1.82) is 5.26 Å². The van der Waals surface area contributed by atoms with Crippen molar-refractivity contribution in [1.82, 2.24) is 4.37 Å². The summed E-state index contributed by atoms with van der Waals surface area (Å²) in [5.74, 6) is -0.110. The molecule has 1 heterocycles. The molecule has 0 amide bonds. The van der Waals surface area contributed by atoms with Gasteiger partial charge in [-0.3, -0.25) is 0 Å². The molecule has 0 atom stereocenters. The minimum Gasteiger partial charge on any atom is -0.382 e. The third-order valence-electron chi connectivity index (χ3n) is 2.28. The highest BCUT2D eigenvalue weighted by molar-refractivity contribution is 9.10. The fraction of sp³-hybridized carbons (Fsp3) is 0.0909. The second-order valence-electron chi connectivity index (χ2n) is 3.47. The van der Waals surface area contributed by atoms with Crippen LogP contribution >= 0.6 is 27.5 Å². The lowest BCUT2D eigenvalue weighted by Crippen LogP contribution is -2.02. The molecule has 0 aliphatic carbocycles.